The van der Waals surface area contributed by atoms with E-state index in [1.54, 1.807) is 11.9 Å². The largest absolute Gasteiger partial charge is 0.335 e. The van der Waals surface area contributed by atoms with Gasteiger partial charge in [-0.1, -0.05) is 13.8 Å². The summed E-state index contributed by atoms with van der Waals surface area (Å²) in [5.41, 5.74) is 0. The van der Waals surface area contributed by atoms with Gasteiger partial charge in [0.2, 0.25) is 10.0 Å². The fourth-order valence-corrected chi connectivity index (χ4v) is 4.23. The van der Waals surface area contributed by atoms with Crippen molar-refractivity contribution in [1.29, 1.82) is 0 Å². The van der Waals surface area contributed by atoms with Crippen LogP contribution >= 0.6 is 0 Å². The van der Waals surface area contributed by atoms with Crippen LogP contribution in [0.15, 0.2) is 17.3 Å². The van der Waals surface area contributed by atoms with Crippen LogP contribution in [0, 0.1) is 0 Å². The van der Waals surface area contributed by atoms with E-state index < -0.39 is 10.0 Å². The van der Waals surface area contributed by atoms with Crippen LogP contribution in [-0.4, -0.2) is 65.7 Å². The number of aryl methyl sites for hydroxylation is 1. The Kier molecular flexibility index (Phi) is 6.22. The van der Waals surface area contributed by atoms with Crippen molar-refractivity contribution in [2.75, 3.05) is 26.2 Å². The van der Waals surface area contributed by atoms with E-state index in [1.165, 1.54) is 21.4 Å². The fourth-order valence-electron chi connectivity index (χ4n) is 2.78. The van der Waals surface area contributed by atoms with Crippen molar-refractivity contribution in [1.82, 2.24) is 24.3 Å². The van der Waals surface area contributed by atoms with Gasteiger partial charge >= 0.3 is 6.03 Å². The summed E-state index contributed by atoms with van der Waals surface area (Å²) in [6.07, 6.45) is 5.25. The molecule has 2 rings (SSSR count). The van der Waals surface area contributed by atoms with Crippen LogP contribution < -0.4 is 5.32 Å². The van der Waals surface area contributed by atoms with Crippen molar-refractivity contribution < 1.29 is 13.2 Å². The molecule has 0 aromatic carbocycles. The predicted molar refractivity (Wildman–Crippen MR) is 91.1 cm³/mol. The second-order valence-electron chi connectivity index (χ2n) is 6.06. The van der Waals surface area contributed by atoms with E-state index in [0.717, 1.165) is 12.8 Å². The van der Waals surface area contributed by atoms with Crippen LogP contribution in [0.3, 0.4) is 0 Å². The van der Waals surface area contributed by atoms with E-state index in [0.29, 0.717) is 32.6 Å². The monoisotopic (exact) mass is 357 g/mol. The quantitative estimate of drug-likeness (QED) is 0.852. The number of carbonyl (C=O) groups excluding carboxylic acids is 1. The summed E-state index contributed by atoms with van der Waals surface area (Å²) in [6, 6.07) is 0.0558. The second-order valence-corrected chi connectivity index (χ2v) is 8.00. The first-order chi connectivity index (χ1) is 11.4. The van der Waals surface area contributed by atoms with Crippen molar-refractivity contribution in [2.24, 2.45) is 7.05 Å². The zero-order valence-electron chi connectivity index (χ0n) is 14.6. The molecule has 1 aliphatic heterocycles. The molecule has 0 radical (unpaired) electrons. The molecular formula is C15H27N5O3S. The number of hydrogen-bond donors (Lipinski definition) is 1. The smallest absolute Gasteiger partial charge is 0.317 e. The molecular weight excluding hydrogens is 330 g/mol. The van der Waals surface area contributed by atoms with Gasteiger partial charge in [0.25, 0.3) is 0 Å². The number of amides is 2. The third kappa shape index (κ3) is 4.27. The molecule has 0 atom stereocenters. The van der Waals surface area contributed by atoms with Crippen LogP contribution in [0.1, 0.15) is 33.1 Å². The Labute approximate surface area is 143 Å². The van der Waals surface area contributed by atoms with Crippen LogP contribution in [0.4, 0.5) is 4.79 Å². The number of aromatic nitrogens is 2. The number of nitrogens with one attached hydrogen (secondary N) is 1. The molecule has 0 aliphatic carbocycles. The molecule has 2 heterocycles. The zero-order chi connectivity index (χ0) is 17.7. The first-order valence-electron chi connectivity index (χ1n) is 8.42. The first-order valence-corrected chi connectivity index (χ1v) is 9.86. The van der Waals surface area contributed by atoms with Gasteiger partial charge in [-0.2, -0.15) is 9.40 Å². The molecule has 0 bridgehead atoms. The number of sulfonamides is 1. The average molecular weight is 357 g/mol. The van der Waals surface area contributed by atoms with Gasteiger partial charge < -0.3 is 10.2 Å². The summed E-state index contributed by atoms with van der Waals surface area (Å²) < 4.78 is 28.2. The van der Waals surface area contributed by atoms with Gasteiger partial charge in [0.15, 0.2) is 0 Å². The summed E-state index contributed by atoms with van der Waals surface area (Å²) in [7, 11) is -1.87. The van der Waals surface area contributed by atoms with E-state index in [9.17, 15) is 13.2 Å². The summed E-state index contributed by atoms with van der Waals surface area (Å²) in [6.45, 7) is 5.74. The highest BCUT2D eigenvalue weighted by Gasteiger charge is 2.29. The van der Waals surface area contributed by atoms with Gasteiger partial charge in [0, 0.05) is 45.5 Å². The molecule has 136 valence electrons. The highest BCUT2D eigenvalue weighted by Crippen LogP contribution is 2.17. The molecule has 1 aliphatic rings. The maximum Gasteiger partial charge on any atom is 0.317 e. The van der Waals surface area contributed by atoms with Crippen molar-refractivity contribution >= 4 is 16.1 Å². The Morgan fingerprint density at radius 1 is 1.25 bits per heavy atom. The lowest BCUT2D eigenvalue weighted by atomic mass is 10.2. The van der Waals surface area contributed by atoms with Gasteiger partial charge in [-0.25, -0.2) is 13.2 Å². The van der Waals surface area contributed by atoms with Crippen LogP contribution in [0.25, 0.3) is 0 Å². The second kappa shape index (κ2) is 7.98. The maximum absolute atomic E-state index is 12.7. The van der Waals surface area contributed by atoms with Crippen molar-refractivity contribution in [3.05, 3.63) is 12.4 Å². The number of hydrogen-bond acceptors (Lipinski definition) is 4. The minimum atomic E-state index is -3.55. The molecule has 24 heavy (non-hydrogen) atoms. The molecule has 1 N–H and O–H groups in total. The Hall–Kier alpha value is -1.61. The van der Waals surface area contributed by atoms with Gasteiger partial charge in [0.05, 0.1) is 6.20 Å². The van der Waals surface area contributed by atoms with E-state index in [1.807, 2.05) is 13.8 Å². The number of urea groups is 1. The van der Waals surface area contributed by atoms with Crippen molar-refractivity contribution in [2.45, 2.75) is 44.0 Å². The van der Waals surface area contributed by atoms with Gasteiger partial charge in [-0.15, -0.1) is 0 Å². The molecule has 9 heteroatoms. The zero-order valence-corrected chi connectivity index (χ0v) is 15.4. The summed E-state index contributed by atoms with van der Waals surface area (Å²) >= 11 is 0. The van der Waals surface area contributed by atoms with E-state index in [4.69, 9.17) is 0 Å². The Balaban J connectivity index is 2.01. The minimum Gasteiger partial charge on any atom is -0.335 e. The molecule has 0 spiro atoms. The topological polar surface area (TPSA) is 87.5 Å². The lowest BCUT2D eigenvalue weighted by Gasteiger charge is -2.24. The molecule has 8 nitrogen and oxygen atoms in total. The highest BCUT2D eigenvalue weighted by atomic mass is 32.2. The van der Waals surface area contributed by atoms with E-state index in [2.05, 4.69) is 10.4 Å². The number of carbonyl (C=O) groups is 1. The van der Waals surface area contributed by atoms with Gasteiger partial charge in [-0.05, 0) is 19.3 Å². The summed E-state index contributed by atoms with van der Waals surface area (Å²) in [4.78, 5) is 14.2. The molecule has 1 aromatic rings. The van der Waals surface area contributed by atoms with Crippen LogP contribution in [0.2, 0.25) is 0 Å². The summed E-state index contributed by atoms with van der Waals surface area (Å²) in [5.74, 6) is 0. The molecule has 1 fully saturated rings. The van der Waals surface area contributed by atoms with Gasteiger partial charge in [0.1, 0.15) is 4.90 Å². The number of rotatable bonds is 5. The number of nitrogens with zero attached hydrogens (tertiary/aromatic N) is 4. The van der Waals surface area contributed by atoms with Crippen molar-refractivity contribution in [3.8, 4) is 0 Å². The molecule has 0 saturated carbocycles. The van der Waals surface area contributed by atoms with Crippen molar-refractivity contribution in [3.63, 3.8) is 0 Å². The third-order valence-electron chi connectivity index (χ3n) is 4.37. The van der Waals surface area contributed by atoms with E-state index >= 15 is 0 Å². The molecule has 2 amide bonds. The SMILES string of the molecule is CCC(CC)NC(=O)N1CCCN(S(=O)(=O)c2cnn(C)c2)CC1. The van der Waals surface area contributed by atoms with E-state index in [-0.39, 0.29) is 17.0 Å². The Bertz CT molecular complexity index is 654. The molecule has 0 unspecified atom stereocenters. The lowest BCUT2D eigenvalue weighted by molar-refractivity contribution is 0.195. The molecule has 1 saturated heterocycles. The third-order valence-corrected chi connectivity index (χ3v) is 6.23. The minimum absolute atomic E-state index is 0.107. The van der Waals surface area contributed by atoms with Gasteiger partial charge in [-0.3, -0.25) is 4.68 Å². The molecule has 1 aromatic heterocycles. The highest BCUT2D eigenvalue weighted by molar-refractivity contribution is 7.89. The Morgan fingerprint density at radius 2 is 1.96 bits per heavy atom. The van der Waals surface area contributed by atoms with Crippen LogP contribution in [0.5, 0.6) is 0 Å². The lowest BCUT2D eigenvalue weighted by Crippen LogP contribution is -2.46. The fraction of sp³-hybridized carbons (Fsp3) is 0.733. The van der Waals surface area contributed by atoms with Crippen LogP contribution in [-0.2, 0) is 17.1 Å². The first kappa shape index (κ1) is 18.7. The average Bonchev–Trinajstić information content (AvgIpc) is 2.85. The normalized spacial score (nSPS) is 17.1. The maximum atomic E-state index is 12.7. The summed E-state index contributed by atoms with van der Waals surface area (Å²) in [5, 5.41) is 6.94. The Morgan fingerprint density at radius 3 is 2.54 bits per heavy atom. The predicted octanol–water partition coefficient (Wildman–Crippen LogP) is 1.01. The standard InChI is InChI=1S/C15H27N5O3S/c1-4-13(5-2)17-15(21)19-7-6-8-20(10-9-19)24(22,23)14-11-16-18(3)12-14/h11-13H,4-10H2,1-3H3,(H,17,21).